The number of nitrogens with two attached hydrogens (primary N) is 1. The third-order valence-corrected chi connectivity index (χ3v) is 5.61. The van der Waals surface area contributed by atoms with Crippen LogP contribution in [0.5, 0.6) is 0 Å². The topological polar surface area (TPSA) is 38.0 Å². The van der Waals surface area contributed by atoms with E-state index >= 15 is 0 Å². The molecule has 0 bridgehead atoms. The molecule has 2 nitrogen and oxygen atoms in total. The Morgan fingerprint density at radius 3 is 2.13 bits per heavy atom. The van der Waals surface area contributed by atoms with Crippen LogP contribution in [0.1, 0.15) is 51.5 Å². The zero-order valence-electron chi connectivity index (χ0n) is 18.8. The Kier molecular flexibility index (Phi) is 9.47. The Morgan fingerprint density at radius 1 is 0.900 bits per heavy atom. The van der Waals surface area contributed by atoms with Crippen molar-refractivity contribution in [2.45, 2.75) is 58.4 Å². The third kappa shape index (κ3) is 7.94. The van der Waals surface area contributed by atoms with Gasteiger partial charge >= 0.3 is 0 Å². The maximum atomic E-state index is 5.74. The van der Waals surface area contributed by atoms with E-state index < -0.39 is 0 Å². The van der Waals surface area contributed by atoms with Gasteiger partial charge in [0.05, 0.1) is 0 Å². The van der Waals surface area contributed by atoms with E-state index in [1.165, 1.54) is 22.3 Å². The van der Waals surface area contributed by atoms with Gasteiger partial charge in [0.2, 0.25) is 0 Å². The summed E-state index contributed by atoms with van der Waals surface area (Å²) in [5.74, 6) is 0.475. The van der Waals surface area contributed by atoms with Gasteiger partial charge in [0, 0.05) is 17.4 Å². The van der Waals surface area contributed by atoms with E-state index in [0.717, 1.165) is 44.2 Å². The molecule has 2 heteroatoms. The van der Waals surface area contributed by atoms with Gasteiger partial charge in [-0.15, -0.1) is 0 Å². The molecule has 0 heterocycles. The summed E-state index contributed by atoms with van der Waals surface area (Å²) >= 11 is 0. The van der Waals surface area contributed by atoms with Gasteiger partial charge in [-0.05, 0) is 54.7 Å². The molecular formula is C28H38N2. The van der Waals surface area contributed by atoms with Crippen molar-refractivity contribution in [3.63, 3.8) is 0 Å². The zero-order chi connectivity index (χ0) is 21.9. The van der Waals surface area contributed by atoms with Crippen molar-refractivity contribution in [3.05, 3.63) is 96.9 Å². The number of allylic oxidation sites excluding steroid dienone is 3. The lowest BCUT2D eigenvalue weighted by Gasteiger charge is -2.26. The summed E-state index contributed by atoms with van der Waals surface area (Å²) in [5, 5.41) is 3.66. The van der Waals surface area contributed by atoms with E-state index in [1.807, 2.05) is 0 Å². The highest BCUT2D eigenvalue weighted by Gasteiger charge is 2.16. The van der Waals surface area contributed by atoms with Crippen molar-refractivity contribution in [1.29, 1.82) is 0 Å². The van der Waals surface area contributed by atoms with Gasteiger partial charge in [-0.3, -0.25) is 0 Å². The Labute approximate surface area is 183 Å². The summed E-state index contributed by atoms with van der Waals surface area (Å²) in [6, 6.07) is 19.7. The van der Waals surface area contributed by atoms with Gasteiger partial charge in [-0.25, -0.2) is 0 Å². The van der Waals surface area contributed by atoms with Crippen LogP contribution in [-0.4, -0.2) is 6.04 Å². The zero-order valence-corrected chi connectivity index (χ0v) is 18.8. The molecule has 2 rings (SSSR count). The fourth-order valence-corrected chi connectivity index (χ4v) is 3.77. The average Bonchev–Trinajstić information content (AvgIpc) is 2.73. The van der Waals surface area contributed by atoms with Gasteiger partial charge in [-0.1, -0.05) is 100 Å². The molecule has 0 aliphatic rings. The molecule has 30 heavy (non-hydrogen) atoms. The lowest BCUT2D eigenvalue weighted by molar-refractivity contribution is 0.444. The van der Waals surface area contributed by atoms with Crippen molar-refractivity contribution in [1.82, 2.24) is 5.32 Å². The lowest BCUT2D eigenvalue weighted by Crippen LogP contribution is -2.32. The predicted octanol–water partition coefficient (Wildman–Crippen LogP) is 7.00. The van der Waals surface area contributed by atoms with E-state index in [0.29, 0.717) is 17.7 Å². The Balaban J connectivity index is 2.07. The van der Waals surface area contributed by atoms with Crippen LogP contribution in [0, 0.1) is 5.92 Å². The maximum Gasteiger partial charge on any atom is 0.0304 e. The smallest absolute Gasteiger partial charge is 0.0304 e. The summed E-state index contributed by atoms with van der Waals surface area (Å²) in [4.78, 5) is 0. The fourth-order valence-electron chi connectivity index (χ4n) is 3.77. The first-order valence-corrected chi connectivity index (χ1v) is 11.1. The SMILES string of the molecule is C=C(N)CCC(=C)NC(Cc1ccc(-c2ccccc2)cc1)CC(C)C(=C)CCC. The Bertz CT molecular complexity index is 817. The van der Waals surface area contributed by atoms with Crippen LogP contribution in [0.25, 0.3) is 11.1 Å². The van der Waals surface area contributed by atoms with Crippen LogP contribution >= 0.6 is 0 Å². The van der Waals surface area contributed by atoms with Crippen LogP contribution in [0.2, 0.25) is 0 Å². The fraction of sp³-hybridized carbons (Fsp3) is 0.357. The third-order valence-electron chi connectivity index (χ3n) is 5.61. The molecule has 2 atom stereocenters. The first kappa shape index (κ1) is 23.5. The molecule has 0 radical (unpaired) electrons. The molecule has 0 saturated heterocycles. The van der Waals surface area contributed by atoms with Gasteiger partial charge in [0.1, 0.15) is 0 Å². The van der Waals surface area contributed by atoms with Crippen LogP contribution in [-0.2, 0) is 6.42 Å². The molecule has 2 unspecified atom stereocenters. The predicted molar refractivity (Wildman–Crippen MR) is 132 cm³/mol. The molecule has 3 N–H and O–H groups in total. The minimum Gasteiger partial charge on any atom is -0.403 e. The monoisotopic (exact) mass is 402 g/mol. The highest BCUT2D eigenvalue weighted by Crippen LogP contribution is 2.24. The largest absolute Gasteiger partial charge is 0.403 e. The maximum absolute atomic E-state index is 5.74. The summed E-state index contributed by atoms with van der Waals surface area (Å²) in [6.45, 7) is 16.8. The van der Waals surface area contributed by atoms with Crippen molar-refractivity contribution < 1.29 is 0 Å². The van der Waals surface area contributed by atoms with Crippen molar-refractivity contribution in [2.75, 3.05) is 0 Å². The van der Waals surface area contributed by atoms with Crippen LogP contribution in [0.4, 0.5) is 0 Å². The summed E-state index contributed by atoms with van der Waals surface area (Å²) in [5.41, 5.74) is 12.6. The number of hydrogen-bond acceptors (Lipinski definition) is 2. The van der Waals surface area contributed by atoms with Crippen LogP contribution in [0.15, 0.2) is 91.3 Å². The van der Waals surface area contributed by atoms with E-state index in [-0.39, 0.29) is 0 Å². The van der Waals surface area contributed by atoms with Crippen molar-refractivity contribution >= 4 is 0 Å². The number of nitrogens with one attached hydrogen (secondary N) is 1. The average molecular weight is 403 g/mol. The summed E-state index contributed by atoms with van der Waals surface area (Å²) in [6.07, 6.45) is 5.83. The second-order valence-corrected chi connectivity index (χ2v) is 8.42. The van der Waals surface area contributed by atoms with Crippen LogP contribution in [0.3, 0.4) is 0 Å². The van der Waals surface area contributed by atoms with Gasteiger partial charge in [0.15, 0.2) is 0 Å². The van der Waals surface area contributed by atoms with E-state index in [1.54, 1.807) is 0 Å². The minimum atomic E-state index is 0.315. The highest BCUT2D eigenvalue weighted by atomic mass is 14.9. The molecule has 0 spiro atoms. The molecule has 0 aliphatic heterocycles. The first-order valence-electron chi connectivity index (χ1n) is 11.1. The summed E-state index contributed by atoms with van der Waals surface area (Å²) in [7, 11) is 0. The summed E-state index contributed by atoms with van der Waals surface area (Å²) < 4.78 is 0. The lowest BCUT2D eigenvalue weighted by atomic mass is 9.89. The normalized spacial score (nSPS) is 12.7. The first-order chi connectivity index (χ1) is 14.4. The standard InChI is InChI=1S/C28H38N2/c1-6-10-21(2)22(3)19-28(30-24(5)14-13-23(4)29)20-25-15-17-27(18-16-25)26-11-8-7-9-12-26/h7-9,11-12,15-18,22,28,30H,2,4-6,10,13-14,19-20,29H2,1,3H3. The molecule has 160 valence electrons. The quantitative estimate of drug-likeness (QED) is 0.354. The van der Waals surface area contributed by atoms with Crippen molar-refractivity contribution in [3.8, 4) is 11.1 Å². The molecule has 0 amide bonds. The number of hydrogen-bond donors (Lipinski definition) is 2. The molecular weight excluding hydrogens is 364 g/mol. The molecule has 2 aromatic rings. The molecule has 2 aromatic carbocycles. The molecule has 0 saturated carbocycles. The Morgan fingerprint density at radius 2 is 1.53 bits per heavy atom. The van der Waals surface area contributed by atoms with Gasteiger partial charge in [0.25, 0.3) is 0 Å². The van der Waals surface area contributed by atoms with Crippen molar-refractivity contribution in [2.24, 2.45) is 11.7 Å². The molecule has 0 aromatic heterocycles. The van der Waals surface area contributed by atoms with Gasteiger partial charge < -0.3 is 11.1 Å². The number of benzene rings is 2. The number of rotatable bonds is 13. The van der Waals surface area contributed by atoms with Crippen LogP contribution < -0.4 is 11.1 Å². The van der Waals surface area contributed by atoms with E-state index in [4.69, 9.17) is 5.73 Å². The van der Waals surface area contributed by atoms with E-state index in [2.05, 4.69) is 93.5 Å². The molecule has 0 fully saturated rings. The minimum absolute atomic E-state index is 0.315. The molecule has 0 aliphatic carbocycles. The highest BCUT2D eigenvalue weighted by molar-refractivity contribution is 5.63. The second-order valence-electron chi connectivity index (χ2n) is 8.42. The van der Waals surface area contributed by atoms with Gasteiger partial charge in [-0.2, -0.15) is 0 Å². The van der Waals surface area contributed by atoms with E-state index in [9.17, 15) is 0 Å². The Hall–Kier alpha value is -2.74. The second kappa shape index (κ2) is 12.1.